The number of aryl methyl sites for hydroxylation is 1. The van der Waals surface area contributed by atoms with Crippen LogP contribution in [0.15, 0.2) is 40.9 Å². The molecule has 0 amide bonds. The van der Waals surface area contributed by atoms with Crippen molar-refractivity contribution in [3.05, 3.63) is 63.4 Å². The molecule has 0 fully saturated rings. The zero-order chi connectivity index (χ0) is 14.7. The summed E-state index contributed by atoms with van der Waals surface area (Å²) in [7, 11) is 0. The lowest BCUT2D eigenvalue weighted by molar-refractivity contribution is 0.300. The van der Waals surface area contributed by atoms with Gasteiger partial charge in [0.25, 0.3) is 0 Å². The van der Waals surface area contributed by atoms with E-state index < -0.39 is 0 Å². The molecule has 0 aromatic heterocycles. The van der Waals surface area contributed by atoms with Crippen molar-refractivity contribution in [1.82, 2.24) is 0 Å². The molecule has 1 atom stereocenters. The Balaban J connectivity index is 2.18. The van der Waals surface area contributed by atoms with Crippen LogP contribution in [0.4, 0.5) is 4.39 Å². The van der Waals surface area contributed by atoms with Gasteiger partial charge in [0.05, 0.1) is 0 Å². The second-order valence-electron chi connectivity index (χ2n) is 4.85. The predicted molar refractivity (Wildman–Crippen MR) is 82.2 cm³/mol. The van der Waals surface area contributed by atoms with Crippen molar-refractivity contribution in [2.24, 2.45) is 5.73 Å². The molecule has 0 saturated carbocycles. The lowest BCUT2D eigenvalue weighted by Gasteiger charge is -2.15. The summed E-state index contributed by atoms with van der Waals surface area (Å²) in [5.74, 6) is 0.494. The second-order valence-corrected chi connectivity index (χ2v) is 5.71. The molecule has 0 aliphatic carbocycles. The number of hydrogen-bond acceptors (Lipinski definition) is 2. The Morgan fingerprint density at radius 2 is 2.00 bits per heavy atom. The maximum atomic E-state index is 13.0. The zero-order valence-electron chi connectivity index (χ0n) is 11.5. The molecular formula is C16H17BrFNO. The third-order valence-electron chi connectivity index (χ3n) is 3.05. The van der Waals surface area contributed by atoms with Gasteiger partial charge in [0.2, 0.25) is 0 Å². The molecule has 2 rings (SSSR count). The van der Waals surface area contributed by atoms with E-state index in [1.165, 1.54) is 12.1 Å². The molecule has 20 heavy (non-hydrogen) atoms. The summed E-state index contributed by atoms with van der Waals surface area (Å²) in [5, 5.41) is 0. The number of halogens is 2. The van der Waals surface area contributed by atoms with E-state index in [0.717, 1.165) is 22.4 Å². The zero-order valence-corrected chi connectivity index (χ0v) is 13.1. The monoisotopic (exact) mass is 337 g/mol. The summed E-state index contributed by atoms with van der Waals surface area (Å²) in [6.07, 6.45) is 0. The number of rotatable bonds is 4. The molecule has 0 radical (unpaired) electrons. The lowest BCUT2D eigenvalue weighted by atomic mass is 10.1. The molecule has 0 saturated heterocycles. The Kier molecular flexibility index (Phi) is 4.78. The van der Waals surface area contributed by atoms with E-state index in [0.29, 0.717) is 11.1 Å². The minimum atomic E-state index is -0.271. The van der Waals surface area contributed by atoms with Crippen molar-refractivity contribution in [2.75, 3.05) is 0 Å². The van der Waals surface area contributed by atoms with Crippen molar-refractivity contribution in [1.29, 1.82) is 0 Å². The van der Waals surface area contributed by atoms with Gasteiger partial charge in [-0.25, -0.2) is 4.39 Å². The molecule has 0 heterocycles. The van der Waals surface area contributed by atoms with Crippen molar-refractivity contribution in [3.63, 3.8) is 0 Å². The first-order valence-corrected chi connectivity index (χ1v) is 7.19. The summed E-state index contributed by atoms with van der Waals surface area (Å²) in [4.78, 5) is 0. The predicted octanol–water partition coefficient (Wildman–Crippen LogP) is 4.50. The smallest absolute Gasteiger partial charge is 0.124 e. The first-order chi connectivity index (χ1) is 9.47. The maximum Gasteiger partial charge on any atom is 0.124 e. The van der Waals surface area contributed by atoms with Crippen LogP contribution in [-0.2, 0) is 6.61 Å². The molecule has 1 unspecified atom stereocenters. The molecule has 0 aliphatic heterocycles. The molecule has 0 spiro atoms. The number of nitrogens with two attached hydrogens (primary N) is 1. The summed E-state index contributed by atoms with van der Waals surface area (Å²) in [5.41, 5.74) is 8.98. The Morgan fingerprint density at radius 3 is 2.65 bits per heavy atom. The van der Waals surface area contributed by atoms with E-state index in [9.17, 15) is 4.39 Å². The van der Waals surface area contributed by atoms with Gasteiger partial charge in [-0.2, -0.15) is 0 Å². The van der Waals surface area contributed by atoms with Crippen LogP contribution in [0.2, 0.25) is 0 Å². The fraction of sp³-hybridized carbons (Fsp3) is 0.250. The highest BCUT2D eigenvalue weighted by molar-refractivity contribution is 9.10. The van der Waals surface area contributed by atoms with Crippen molar-refractivity contribution < 1.29 is 9.13 Å². The molecule has 2 nitrogen and oxygen atoms in total. The van der Waals surface area contributed by atoms with Crippen LogP contribution >= 0.6 is 15.9 Å². The highest BCUT2D eigenvalue weighted by Gasteiger charge is 2.09. The summed E-state index contributed by atoms with van der Waals surface area (Å²) in [6, 6.07) is 10.4. The van der Waals surface area contributed by atoms with Gasteiger partial charge in [0.15, 0.2) is 0 Å². The summed E-state index contributed by atoms with van der Waals surface area (Å²) in [6.45, 7) is 4.31. The van der Waals surface area contributed by atoms with E-state index in [4.69, 9.17) is 10.5 Å². The molecular weight excluding hydrogens is 321 g/mol. The number of hydrogen-bond donors (Lipinski definition) is 1. The van der Waals surface area contributed by atoms with Crippen LogP contribution in [0.25, 0.3) is 0 Å². The quantitative estimate of drug-likeness (QED) is 0.891. The molecule has 2 aromatic carbocycles. The van der Waals surface area contributed by atoms with Crippen molar-refractivity contribution >= 4 is 15.9 Å². The fourth-order valence-corrected chi connectivity index (χ4v) is 2.41. The van der Waals surface area contributed by atoms with Gasteiger partial charge in [-0.1, -0.05) is 39.7 Å². The third kappa shape index (κ3) is 3.58. The number of ether oxygens (including phenoxy) is 1. The van der Waals surface area contributed by atoms with Crippen LogP contribution in [0.3, 0.4) is 0 Å². The standard InChI is InChI=1S/C16H17BrFNO/c1-10-3-6-16(14(7-10)11(2)19)20-9-12-4-5-13(18)8-15(12)17/h3-8,11H,9,19H2,1-2H3. The maximum absolute atomic E-state index is 13.0. The Bertz CT molecular complexity index is 613. The molecule has 4 heteroatoms. The molecule has 2 aromatic rings. The van der Waals surface area contributed by atoms with Crippen LogP contribution in [-0.4, -0.2) is 0 Å². The van der Waals surface area contributed by atoms with Gasteiger partial charge in [-0.05, 0) is 32.0 Å². The Labute approximate surface area is 126 Å². The summed E-state index contributed by atoms with van der Waals surface area (Å²) >= 11 is 3.34. The second kappa shape index (κ2) is 6.37. The molecule has 2 N–H and O–H groups in total. The van der Waals surface area contributed by atoms with Gasteiger partial charge in [0, 0.05) is 21.6 Å². The molecule has 0 bridgehead atoms. The molecule has 106 valence electrons. The van der Waals surface area contributed by atoms with Crippen LogP contribution < -0.4 is 10.5 Å². The average Bonchev–Trinajstić information content (AvgIpc) is 2.38. The topological polar surface area (TPSA) is 35.2 Å². The summed E-state index contributed by atoms with van der Waals surface area (Å²) < 4.78 is 19.6. The van der Waals surface area contributed by atoms with Crippen molar-refractivity contribution in [2.45, 2.75) is 26.5 Å². The van der Waals surface area contributed by atoms with E-state index >= 15 is 0 Å². The van der Waals surface area contributed by atoms with E-state index in [2.05, 4.69) is 15.9 Å². The number of benzene rings is 2. The normalized spacial score (nSPS) is 12.2. The van der Waals surface area contributed by atoms with Crippen LogP contribution in [0.1, 0.15) is 29.7 Å². The third-order valence-corrected chi connectivity index (χ3v) is 3.79. The largest absolute Gasteiger partial charge is 0.489 e. The van der Waals surface area contributed by atoms with Crippen LogP contribution in [0.5, 0.6) is 5.75 Å². The SMILES string of the molecule is Cc1ccc(OCc2ccc(F)cc2Br)c(C(C)N)c1. The minimum absolute atomic E-state index is 0.0958. The highest BCUT2D eigenvalue weighted by Crippen LogP contribution is 2.27. The average molecular weight is 338 g/mol. The first kappa shape index (κ1) is 15.0. The van der Waals surface area contributed by atoms with Gasteiger partial charge >= 0.3 is 0 Å². The first-order valence-electron chi connectivity index (χ1n) is 6.40. The highest BCUT2D eigenvalue weighted by atomic mass is 79.9. The minimum Gasteiger partial charge on any atom is -0.489 e. The van der Waals surface area contributed by atoms with Gasteiger partial charge in [0.1, 0.15) is 18.2 Å². The Morgan fingerprint density at radius 1 is 1.25 bits per heavy atom. The van der Waals surface area contributed by atoms with Gasteiger partial charge in [-0.15, -0.1) is 0 Å². The fourth-order valence-electron chi connectivity index (χ4n) is 1.95. The van der Waals surface area contributed by atoms with E-state index in [-0.39, 0.29) is 11.9 Å². The van der Waals surface area contributed by atoms with Crippen LogP contribution in [0, 0.1) is 12.7 Å². The Hall–Kier alpha value is -1.39. The van der Waals surface area contributed by atoms with Gasteiger partial charge in [-0.3, -0.25) is 0 Å². The van der Waals surface area contributed by atoms with Crippen molar-refractivity contribution in [3.8, 4) is 5.75 Å². The van der Waals surface area contributed by atoms with E-state index in [1.54, 1.807) is 6.07 Å². The van der Waals surface area contributed by atoms with E-state index in [1.807, 2.05) is 32.0 Å². The molecule has 0 aliphatic rings. The lowest BCUT2D eigenvalue weighted by Crippen LogP contribution is -2.08. The van der Waals surface area contributed by atoms with Gasteiger partial charge < -0.3 is 10.5 Å².